The summed E-state index contributed by atoms with van der Waals surface area (Å²) in [4.78, 5) is 4.82. The van der Waals surface area contributed by atoms with Gasteiger partial charge in [-0.3, -0.25) is 4.40 Å². The molecule has 0 fully saturated rings. The average molecular weight is 291 g/mol. The molecule has 2 nitrogen and oxygen atoms in total. The molecule has 0 unspecified atom stereocenters. The minimum atomic E-state index is 0.813. The largest absolute Gasteiger partial charge is 0.300 e. The third-order valence-corrected chi connectivity index (χ3v) is 4.61. The first-order valence-corrected chi connectivity index (χ1v) is 7.37. The molecule has 0 atom stereocenters. The van der Waals surface area contributed by atoms with Crippen LogP contribution in [0, 0.1) is 0 Å². The van der Waals surface area contributed by atoms with Gasteiger partial charge in [0.25, 0.3) is 0 Å². The van der Waals surface area contributed by atoms with Crippen molar-refractivity contribution in [1.82, 2.24) is 9.38 Å². The van der Waals surface area contributed by atoms with E-state index in [0.717, 1.165) is 33.7 Å². The second-order valence-electron chi connectivity index (χ2n) is 5.45. The van der Waals surface area contributed by atoms with Crippen molar-refractivity contribution in [3.63, 3.8) is 0 Å². The first-order chi connectivity index (χ1) is 10.3. The number of aromatic nitrogens is 2. The van der Waals surface area contributed by atoms with Crippen LogP contribution in [0.4, 0.5) is 0 Å². The van der Waals surface area contributed by atoms with Crippen LogP contribution in [0.2, 0.25) is 5.02 Å². The summed E-state index contributed by atoms with van der Waals surface area (Å²) in [5, 5.41) is 0.813. The van der Waals surface area contributed by atoms with Crippen LogP contribution in [0.5, 0.6) is 0 Å². The molecule has 4 aromatic rings. The van der Waals surface area contributed by atoms with E-state index in [-0.39, 0.29) is 0 Å². The first kappa shape index (κ1) is 11.4. The highest BCUT2D eigenvalue weighted by Crippen LogP contribution is 2.44. The maximum absolute atomic E-state index is 6.59. The molecule has 1 aliphatic carbocycles. The summed E-state index contributed by atoms with van der Waals surface area (Å²) in [5.74, 6) is 0. The fraction of sp³-hybridized carbons (Fsp3) is 0.0556. The number of hydrogen-bond acceptors (Lipinski definition) is 1. The molecule has 5 rings (SSSR count). The molecule has 0 aliphatic heterocycles. The second-order valence-corrected chi connectivity index (χ2v) is 5.86. The highest BCUT2D eigenvalue weighted by molar-refractivity contribution is 6.34. The zero-order valence-electron chi connectivity index (χ0n) is 11.2. The molecule has 0 amide bonds. The van der Waals surface area contributed by atoms with Crippen molar-refractivity contribution in [2.45, 2.75) is 6.42 Å². The third kappa shape index (κ3) is 1.40. The van der Waals surface area contributed by atoms with E-state index in [2.05, 4.69) is 28.7 Å². The lowest BCUT2D eigenvalue weighted by atomic mass is 10.0. The highest BCUT2D eigenvalue weighted by Gasteiger charge is 2.25. The molecular formula is C18H11ClN2. The molecule has 0 bridgehead atoms. The van der Waals surface area contributed by atoms with Gasteiger partial charge < -0.3 is 0 Å². The summed E-state index contributed by atoms with van der Waals surface area (Å²) in [6.45, 7) is 0. The molecule has 2 aromatic heterocycles. The minimum Gasteiger partial charge on any atom is -0.300 e. The van der Waals surface area contributed by atoms with Gasteiger partial charge in [-0.1, -0.05) is 41.9 Å². The van der Waals surface area contributed by atoms with Crippen molar-refractivity contribution in [2.75, 3.05) is 0 Å². The first-order valence-electron chi connectivity index (χ1n) is 6.99. The number of imidazole rings is 1. The summed E-state index contributed by atoms with van der Waals surface area (Å²) in [6.07, 6.45) is 2.95. The Morgan fingerprint density at radius 1 is 1.05 bits per heavy atom. The summed E-state index contributed by atoms with van der Waals surface area (Å²) in [7, 11) is 0. The van der Waals surface area contributed by atoms with Crippen molar-refractivity contribution in [3.8, 4) is 11.1 Å². The van der Waals surface area contributed by atoms with E-state index < -0.39 is 0 Å². The number of halogens is 1. The van der Waals surface area contributed by atoms with Gasteiger partial charge in [0.1, 0.15) is 5.65 Å². The molecule has 0 N–H and O–H groups in total. The van der Waals surface area contributed by atoms with Gasteiger partial charge in [0.05, 0.1) is 16.1 Å². The van der Waals surface area contributed by atoms with E-state index >= 15 is 0 Å². The number of nitrogens with zero attached hydrogens (tertiary/aromatic N) is 2. The van der Waals surface area contributed by atoms with Crippen LogP contribution in [0.1, 0.15) is 11.1 Å². The standard InChI is InChI=1S/C18H11ClN2/c19-14-10-15-18(20-16-7-3-4-8-21(15)16)13-9-11-5-1-2-6-12(11)17(13)14/h1-8,10H,9H2. The van der Waals surface area contributed by atoms with Gasteiger partial charge in [-0.15, -0.1) is 0 Å². The smallest absolute Gasteiger partial charge is 0.137 e. The second kappa shape index (κ2) is 3.86. The zero-order valence-corrected chi connectivity index (χ0v) is 11.9. The van der Waals surface area contributed by atoms with Crippen LogP contribution in [-0.4, -0.2) is 9.38 Å². The molecule has 0 saturated heterocycles. The van der Waals surface area contributed by atoms with Crippen LogP contribution in [0.15, 0.2) is 54.7 Å². The van der Waals surface area contributed by atoms with Gasteiger partial charge in [-0.2, -0.15) is 0 Å². The zero-order chi connectivity index (χ0) is 14.0. The van der Waals surface area contributed by atoms with Gasteiger partial charge in [0, 0.05) is 18.2 Å². The Morgan fingerprint density at radius 3 is 2.86 bits per heavy atom. The molecule has 0 radical (unpaired) electrons. The Bertz CT molecular complexity index is 1030. The Hall–Kier alpha value is -2.32. The quantitative estimate of drug-likeness (QED) is 0.404. The third-order valence-electron chi connectivity index (χ3n) is 4.31. The van der Waals surface area contributed by atoms with E-state index in [1.807, 2.05) is 30.5 Å². The van der Waals surface area contributed by atoms with Gasteiger partial charge >= 0.3 is 0 Å². The molecular weight excluding hydrogens is 280 g/mol. The van der Waals surface area contributed by atoms with Crippen molar-refractivity contribution in [3.05, 3.63) is 70.9 Å². The van der Waals surface area contributed by atoms with Gasteiger partial charge in [-0.25, -0.2) is 4.98 Å². The van der Waals surface area contributed by atoms with Crippen molar-refractivity contribution < 1.29 is 0 Å². The lowest BCUT2D eigenvalue weighted by Gasteiger charge is -2.05. The van der Waals surface area contributed by atoms with Crippen LogP contribution in [-0.2, 0) is 6.42 Å². The number of hydrogen-bond donors (Lipinski definition) is 0. The molecule has 2 aromatic carbocycles. The predicted molar refractivity (Wildman–Crippen MR) is 86.0 cm³/mol. The molecule has 0 spiro atoms. The SMILES string of the molecule is Clc1cc2c(nc3ccccn32)c2c1-c1ccccc1C2. The normalized spacial score (nSPS) is 12.8. The maximum Gasteiger partial charge on any atom is 0.137 e. The minimum absolute atomic E-state index is 0.813. The van der Waals surface area contributed by atoms with Crippen LogP contribution in [0.25, 0.3) is 27.8 Å². The Balaban J connectivity index is 1.97. The monoisotopic (exact) mass is 290 g/mol. The van der Waals surface area contributed by atoms with E-state index in [1.54, 1.807) is 0 Å². The molecule has 0 saturated carbocycles. The van der Waals surface area contributed by atoms with Crippen molar-refractivity contribution in [1.29, 1.82) is 0 Å². The van der Waals surface area contributed by atoms with Crippen molar-refractivity contribution >= 4 is 28.3 Å². The molecule has 100 valence electrons. The Labute approximate surface area is 126 Å². The predicted octanol–water partition coefficient (Wildman–Crippen LogP) is 4.71. The van der Waals surface area contributed by atoms with Crippen LogP contribution in [0.3, 0.4) is 0 Å². The van der Waals surface area contributed by atoms with Crippen LogP contribution < -0.4 is 0 Å². The lowest BCUT2D eigenvalue weighted by molar-refractivity contribution is 1.23. The average Bonchev–Trinajstić information content (AvgIpc) is 3.06. The summed E-state index contributed by atoms with van der Waals surface area (Å²) in [5.41, 5.74) is 8.10. The maximum atomic E-state index is 6.59. The number of rotatable bonds is 0. The molecule has 1 aliphatic rings. The number of pyridine rings is 1. The summed E-state index contributed by atoms with van der Waals surface area (Å²) in [6, 6.07) is 16.6. The summed E-state index contributed by atoms with van der Waals surface area (Å²) >= 11 is 6.59. The van der Waals surface area contributed by atoms with Crippen molar-refractivity contribution in [2.24, 2.45) is 0 Å². The van der Waals surface area contributed by atoms with Gasteiger partial charge in [0.15, 0.2) is 0 Å². The number of benzene rings is 2. The molecule has 21 heavy (non-hydrogen) atoms. The van der Waals surface area contributed by atoms with Crippen LogP contribution >= 0.6 is 11.6 Å². The van der Waals surface area contributed by atoms with E-state index in [1.165, 1.54) is 16.7 Å². The van der Waals surface area contributed by atoms with E-state index in [9.17, 15) is 0 Å². The fourth-order valence-electron chi connectivity index (χ4n) is 3.40. The van der Waals surface area contributed by atoms with Gasteiger partial charge in [0.2, 0.25) is 0 Å². The Morgan fingerprint density at radius 2 is 1.90 bits per heavy atom. The summed E-state index contributed by atoms with van der Waals surface area (Å²) < 4.78 is 2.10. The molecule has 3 heteroatoms. The Kier molecular flexibility index (Phi) is 2.09. The topological polar surface area (TPSA) is 17.3 Å². The highest BCUT2D eigenvalue weighted by atomic mass is 35.5. The number of fused-ring (bicyclic) bond motifs is 7. The fourth-order valence-corrected chi connectivity index (χ4v) is 3.72. The van der Waals surface area contributed by atoms with Gasteiger partial charge in [-0.05, 0) is 34.9 Å². The van der Waals surface area contributed by atoms with E-state index in [4.69, 9.17) is 16.6 Å². The molecule has 2 heterocycles. The van der Waals surface area contributed by atoms with E-state index in [0.29, 0.717) is 0 Å². The lowest BCUT2D eigenvalue weighted by Crippen LogP contribution is -1.86.